The van der Waals surface area contributed by atoms with Crippen LogP contribution in [0.1, 0.15) is 20.8 Å². The van der Waals surface area contributed by atoms with Crippen molar-refractivity contribution in [1.29, 1.82) is 0 Å². The molecular weight excluding hydrogens is 168 g/mol. The molecule has 0 saturated carbocycles. The molecule has 0 aromatic carbocycles. The van der Waals surface area contributed by atoms with E-state index in [4.69, 9.17) is 11.6 Å². The molecule has 0 saturated heterocycles. The molecule has 64 valence electrons. The quantitative estimate of drug-likeness (QED) is 0.474. The first-order chi connectivity index (χ1) is 4.84. The van der Waals surface area contributed by atoms with Crippen molar-refractivity contribution in [3.05, 3.63) is 0 Å². The Hall–Kier alpha value is -0.570. The van der Waals surface area contributed by atoms with Crippen LogP contribution in [0.5, 0.6) is 0 Å². The molecule has 0 aromatic heterocycles. The average Bonchev–Trinajstić information content (AvgIpc) is 1.80. The van der Waals surface area contributed by atoms with Crippen molar-refractivity contribution >= 4 is 22.8 Å². The van der Waals surface area contributed by atoms with Gasteiger partial charge in [0.25, 0.3) is 5.24 Å². The van der Waals surface area contributed by atoms with Crippen molar-refractivity contribution in [3.8, 4) is 0 Å². The summed E-state index contributed by atoms with van der Waals surface area (Å²) in [6.45, 7) is 4.76. The van der Waals surface area contributed by atoms with Gasteiger partial charge >= 0.3 is 5.97 Å². The minimum atomic E-state index is -0.664. The smallest absolute Gasteiger partial charge is 0.311 e. The zero-order valence-corrected chi connectivity index (χ0v) is 7.57. The van der Waals surface area contributed by atoms with E-state index in [0.29, 0.717) is 0 Å². The zero-order valence-electron chi connectivity index (χ0n) is 6.81. The molecule has 0 atom stereocenters. The summed E-state index contributed by atoms with van der Waals surface area (Å²) in [7, 11) is 0. The van der Waals surface area contributed by atoms with Crippen LogP contribution in [0.25, 0.3) is 0 Å². The Kier molecular flexibility index (Phi) is 3.52. The van der Waals surface area contributed by atoms with E-state index in [1.54, 1.807) is 20.8 Å². The molecule has 0 N–H and O–H groups in total. The summed E-state index contributed by atoms with van der Waals surface area (Å²) in [5.41, 5.74) is -0.577. The predicted molar refractivity (Wildman–Crippen MR) is 41.3 cm³/mol. The molecule has 0 spiro atoms. The summed E-state index contributed by atoms with van der Waals surface area (Å²) >= 11 is 4.96. The molecule has 0 heterocycles. The largest absolute Gasteiger partial charge is 0.456 e. The molecule has 0 unspecified atom stereocenters. The molecule has 4 heteroatoms. The van der Waals surface area contributed by atoms with E-state index in [0.717, 1.165) is 0 Å². The molecule has 0 amide bonds. The summed E-state index contributed by atoms with van der Waals surface area (Å²) in [6.07, 6.45) is 0. The van der Waals surface area contributed by atoms with Crippen molar-refractivity contribution < 1.29 is 14.3 Å². The molecule has 0 radical (unpaired) electrons. The van der Waals surface area contributed by atoms with Gasteiger partial charge in [-0.15, -0.1) is 0 Å². The van der Waals surface area contributed by atoms with Crippen LogP contribution in [-0.4, -0.2) is 17.8 Å². The van der Waals surface area contributed by atoms with Crippen LogP contribution in [0.3, 0.4) is 0 Å². The first kappa shape index (κ1) is 10.4. The van der Waals surface area contributed by atoms with Gasteiger partial charge in [0.15, 0.2) is 6.61 Å². The van der Waals surface area contributed by atoms with Crippen molar-refractivity contribution in [1.82, 2.24) is 0 Å². The Balaban J connectivity index is 3.80. The third-order valence-electron chi connectivity index (χ3n) is 0.929. The van der Waals surface area contributed by atoms with Crippen molar-refractivity contribution in [2.24, 2.45) is 5.41 Å². The van der Waals surface area contributed by atoms with Crippen LogP contribution in [-0.2, 0) is 14.3 Å². The number of carbonyl (C=O) groups excluding carboxylic acids is 2. The van der Waals surface area contributed by atoms with Crippen LogP contribution < -0.4 is 0 Å². The van der Waals surface area contributed by atoms with Crippen LogP contribution in [0.2, 0.25) is 0 Å². The van der Waals surface area contributed by atoms with Crippen LogP contribution in [0.15, 0.2) is 0 Å². The number of hydrogen-bond donors (Lipinski definition) is 0. The highest BCUT2D eigenvalue weighted by molar-refractivity contribution is 6.64. The first-order valence-electron chi connectivity index (χ1n) is 3.19. The summed E-state index contributed by atoms with van der Waals surface area (Å²) < 4.78 is 4.55. The molecule has 3 nitrogen and oxygen atoms in total. The Bertz CT molecular complexity index is 169. The van der Waals surface area contributed by atoms with E-state index >= 15 is 0 Å². The molecule has 0 fully saturated rings. The van der Waals surface area contributed by atoms with Gasteiger partial charge in [0.2, 0.25) is 0 Å². The fourth-order valence-corrected chi connectivity index (χ4v) is 0.393. The molecule has 0 aliphatic carbocycles. The van der Waals surface area contributed by atoms with Gasteiger partial charge in [-0.1, -0.05) is 0 Å². The Morgan fingerprint density at radius 1 is 1.36 bits per heavy atom. The van der Waals surface area contributed by atoms with Crippen molar-refractivity contribution in [2.75, 3.05) is 6.61 Å². The molecule has 0 aliphatic heterocycles. The van der Waals surface area contributed by atoms with Gasteiger partial charge in [-0.05, 0) is 32.4 Å². The number of rotatable bonds is 2. The second-order valence-corrected chi connectivity index (χ2v) is 3.60. The second kappa shape index (κ2) is 3.72. The minimum Gasteiger partial charge on any atom is -0.456 e. The Labute approximate surface area is 70.7 Å². The Morgan fingerprint density at radius 2 is 1.82 bits per heavy atom. The van der Waals surface area contributed by atoms with Crippen LogP contribution >= 0.6 is 11.6 Å². The topological polar surface area (TPSA) is 43.4 Å². The average molecular weight is 179 g/mol. The lowest BCUT2D eigenvalue weighted by atomic mass is 9.97. The maximum absolute atomic E-state index is 10.9. The third-order valence-corrected chi connectivity index (χ3v) is 1.04. The molecule has 0 rings (SSSR count). The zero-order chi connectivity index (χ0) is 9.07. The summed E-state index contributed by atoms with van der Waals surface area (Å²) in [5, 5.41) is -0.664. The first-order valence-corrected chi connectivity index (χ1v) is 3.57. The number of hydrogen-bond acceptors (Lipinski definition) is 3. The van der Waals surface area contributed by atoms with Gasteiger partial charge in [-0.25, -0.2) is 0 Å². The maximum atomic E-state index is 10.9. The number of ether oxygens (including phenoxy) is 1. The highest BCUT2D eigenvalue weighted by Gasteiger charge is 2.23. The summed E-state index contributed by atoms with van der Waals surface area (Å²) in [6, 6.07) is 0. The van der Waals surface area contributed by atoms with Gasteiger partial charge in [0.1, 0.15) is 0 Å². The monoisotopic (exact) mass is 178 g/mol. The van der Waals surface area contributed by atoms with E-state index in [2.05, 4.69) is 4.74 Å². The lowest BCUT2D eigenvalue weighted by Crippen LogP contribution is -2.24. The Morgan fingerprint density at radius 3 is 2.09 bits per heavy atom. The van der Waals surface area contributed by atoms with E-state index in [1.807, 2.05) is 0 Å². The number of esters is 1. The number of carbonyl (C=O) groups is 2. The lowest BCUT2D eigenvalue weighted by molar-refractivity contribution is -0.154. The van der Waals surface area contributed by atoms with Gasteiger partial charge in [0, 0.05) is 0 Å². The second-order valence-electron chi connectivity index (χ2n) is 3.18. The summed E-state index contributed by atoms with van der Waals surface area (Å²) in [5.74, 6) is -0.425. The van der Waals surface area contributed by atoms with Gasteiger partial charge in [0.05, 0.1) is 5.41 Å². The number of halogens is 1. The van der Waals surface area contributed by atoms with E-state index in [9.17, 15) is 9.59 Å². The molecule has 11 heavy (non-hydrogen) atoms. The molecule has 0 aliphatic rings. The van der Waals surface area contributed by atoms with Crippen molar-refractivity contribution in [2.45, 2.75) is 20.8 Å². The maximum Gasteiger partial charge on any atom is 0.311 e. The predicted octanol–water partition coefficient (Wildman–Crippen LogP) is 1.34. The van der Waals surface area contributed by atoms with Crippen LogP contribution in [0.4, 0.5) is 0 Å². The van der Waals surface area contributed by atoms with Crippen molar-refractivity contribution in [3.63, 3.8) is 0 Å². The van der Waals surface area contributed by atoms with Crippen LogP contribution in [0, 0.1) is 5.41 Å². The van der Waals surface area contributed by atoms with E-state index in [1.165, 1.54) is 0 Å². The minimum absolute atomic E-state index is 0.350. The molecular formula is C7H11ClO3. The highest BCUT2D eigenvalue weighted by atomic mass is 35.5. The third kappa shape index (κ3) is 4.79. The fraction of sp³-hybridized carbons (Fsp3) is 0.714. The molecule has 0 aromatic rings. The van der Waals surface area contributed by atoms with E-state index in [-0.39, 0.29) is 6.61 Å². The standard InChI is InChI=1S/C7H11ClO3/c1-7(2,3)6(10)11-4-5(8)9/h4H2,1-3H3. The SMILES string of the molecule is CC(C)(C)C(=O)OCC(=O)Cl. The van der Waals surface area contributed by atoms with Gasteiger partial charge in [-0.3, -0.25) is 9.59 Å². The van der Waals surface area contributed by atoms with E-state index < -0.39 is 16.6 Å². The van der Waals surface area contributed by atoms with Gasteiger partial charge in [-0.2, -0.15) is 0 Å². The molecule has 0 bridgehead atoms. The lowest BCUT2D eigenvalue weighted by Gasteiger charge is -2.15. The summed E-state index contributed by atoms with van der Waals surface area (Å²) in [4.78, 5) is 21.1. The highest BCUT2D eigenvalue weighted by Crippen LogP contribution is 2.14. The van der Waals surface area contributed by atoms with Gasteiger partial charge < -0.3 is 4.74 Å². The fourth-order valence-electron chi connectivity index (χ4n) is 0.339. The normalized spacial score (nSPS) is 10.9.